The number of methoxy groups -OCH3 is 1. The van der Waals surface area contributed by atoms with Gasteiger partial charge >= 0.3 is 12.0 Å². The van der Waals surface area contributed by atoms with E-state index in [-0.39, 0.29) is 24.5 Å². The quantitative estimate of drug-likeness (QED) is 0.497. The summed E-state index contributed by atoms with van der Waals surface area (Å²) in [5.74, 6) is -1.04. The van der Waals surface area contributed by atoms with Crippen molar-refractivity contribution < 1.29 is 27.5 Å². The number of fused-ring (bicyclic) bond motifs is 1. The SMILES string of the molecule is CNC(=O)C1CN(C(=O)Nc2ccc(C(=O)OC)cc2)CCN1S(=O)(=O)c1cccc2cccnc12. The summed E-state index contributed by atoms with van der Waals surface area (Å²) in [5, 5.41) is 5.86. The van der Waals surface area contributed by atoms with Crippen molar-refractivity contribution in [2.45, 2.75) is 10.9 Å². The molecule has 0 bridgehead atoms. The molecule has 1 atom stereocenters. The minimum atomic E-state index is -4.11. The Labute approximate surface area is 208 Å². The summed E-state index contributed by atoms with van der Waals surface area (Å²) in [6.07, 6.45) is 1.51. The Hall–Kier alpha value is -4.03. The Kier molecular flexibility index (Phi) is 7.17. The molecule has 2 aromatic carbocycles. The van der Waals surface area contributed by atoms with Gasteiger partial charge in [-0.05, 0) is 36.4 Å². The highest BCUT2D eigenvalue weighted by Crippen LogP contribution is 2.27. The molecule has 2 heterocycles. The van der Waals surface area contributed by atoms with Crippen LogP contribution in [-0.4, -0.2) is 80.3 Å². The van der Waals surface area contributed by atoms with Gasteiger partial charge in [-0.2, -0.15) is 4.31 Å². The smallest absolute Gasteiger partial charge is 0.337 e. The van der Waals surface area contributed by atoms with Crippen LogP contribution in [0.5, 0.6) is 0 Å². The van der Waals surface area contributed by atoms with Crippen molar-refractivity contribution in [2.75, 3.05) is 39.1 Å². The predicted molar refractivity (Wildman–Crippen MR) is 132 cm³/mol. The van der Waals surface area contributed by atoms with Crippen LogP contribution in [0.2, 0.25) is 0 Å². The highest BCUT2D eigenvalue weighted by molar-refractivity contribution is 7.89. The largest absolute Gasteiger partial charge is 0.465 e. The van der Waals surface area contributed by atoms with Crippen LogP contribution in [-0.2, 0) is 19.6 Å². The van der Waals surface area contributed by atoms with Gasteiger partial charge < -0.3 is 20.3 Å². The number of nitrogens with zero attached hydrogens (tertiary/aromatic N) is 3. The normalized spacial score (nSPS) is 16.4. The summed E-state index contributed by atoms with van der Waals surface area (Å²) < 4.78 is 33.1. The third-order valence-corrected chi connectivity index (χ3v) is 7.85. The first-order chi connectivity index (χ1) is 17.3. The van der Waals surface area contributed by atoms with Crippen LogP contribution in [0.3, 0.4) is 0 Å². The first-order valence-electron chi connectivity index (χ1n) is 11.1. The first-order valence-corrected chi connectivity index (χ1v) is 12.5. The highest BCUT2D eigenvalue weighted by Gasteiger charge is 2.41. The van der Waals surface area contributed by atoms with Crippen LogP contribution in [0.4, 0.5) is 10.5 Å². The number of aromatic nitrogens is 1. The van der Waals surface area contributed by atoms with Crippen LogP contribution >= 0.6 is 0 Å². The fourth-order valence-corrected chi connectivity index (χ4v) is 5.78. The summed E-state index contributed by atoms with van der Waals surface area (Å²) in [6.45, 7) is -0.168. The van der Waals surface area contributed by atoms with Gasteiger partial charge in [-0.1, -0.05) is 18.2 Å². The van der Waals surface area contributed by atoms with E-state index in [1.807, 2.05) is 0 Å². The third-order valence-electron chi connectivity index (χ3n) is 5.91. The molecule has 0 saturated carbocycles. The Morgan fingerprint density at radius 1 is 1.03 bits per heavy atom. The summed E-state index contributed by atoms with van der Waals surface area (Å²) in [5.41, 5.74) is 1.07. The van der Waals surface area contributed by atoms with Crippen molar-refractivity contribution in [2.24, 2.45) is 0 Å². The first kappa shape index (κ1) is 25.1. The summed E-state index contributed by atoms with van der Waals surface area (Å²) in [4.78, 5) is 42.9. The number of piperazine rings is 1. The van der Waals surface area contributed by atoms with Gasteiger partial charge in [-0.25, -0.2) is 18.0 Å². The Bertz CT molecular complexity index is 1400. The van der Waals surface area contributed by atoms with Gasteiger partial charge in [0.05, 0.1) is 18.2 Å². The lowest BCUT2D eigenvalue weighted by molar-refractivity contribution is -0.125. The summed E-state index contributed by atoms with van der Waals surface area (Å²) in [6, 6.07) is 12.8. The lowest BCUT2D eigenvalue weighted by Gasteiger charge is -2.39. The van der Waals surface area contributed by atoms with E-state index in [9.17, 15) is 22.8 Å². The molecule has 11 nitrogen and oxygen atoms in total. The molecule has 1 unspecified atom stereocenters. The number of hydrogen-bond acceptors (Lipinski definition) is 7. The number of nitrogens with one attached hydrogen (secondary N) is 2. The standard InChI is InChI=1S/C24H25N5O6S/c1-25-22(30)19-15-28(24(32)27-18-10-8-17(9-11-18)23(31)35-2)13-14-29(19)36(33,34)20-7-3-5-16-6-4-12-26-21(16)20/h3-12,19H,13-15H2,1-2H3,(H,25,30)(H,27,32). The van der Waals surface area contributed by atoms with Gasteiger partial charge in [0.2, 0.25) is 15.9 Å². The second-order valence-corrected chi connectivity index (χ2v) is 9.88. The van der Waals surface area contributed by atoms with E-state index in [1.54, 1.807) is 36.4 Å². The Morgan fingerprint density at radius 2 is 1.75 bits per heavy atom. The number of likely N-dealkylation sites (N-methyl/N-ethyl adjacent to an activating group) is 1. The van der Waals surface area contributed by atoms with Crippen molar-refractivity contribution >= 4 is 44.5 Å². The number of carbonyl (C=O) groups excluding carboxylic acids is 3. The fourth-order valence-electron chi connectivity index (χ4n) is 4.04. The molecular weight excluding hydrogens is 486 g/mol. The molecule has 1 fully saturated rings. The molecule has 1 aromatic heterocycles. The number of hydrogen-bond donors (Lipinski definition) is 2. The topological polar surface area (TPSA) is 138 Å². The number of sulfonamides is 1. The molecule has 1 aliphatic heterocycles. The number of anilines is 1. The minimum absolute atomic E-state index is 0.00176. The van der Waals surface area contributed by atoms with Gasteiger partial charge in [0.1, 0.15) is 10.9 Å². The number of ether oxygens (including phenoxy) is 1. The zero-order valence-corrected chi connectivity index (χ0v) is 20.5. The van der Waals surface area contributed by atoms with E-state index in [1.165, 1.54) is 43.5 Å². The number of urea groups is 1. The lowest BCUT2D eigenvalue weighted by atomic mass is 10.2. The molecule has 188 valence electrons. The fraction of sp³-hybridized carbons (Fsp3) is 0.250. The average Bonchev–Trinajstić information content (AvgIpc) is 2.91. The van der Waals surface area contributed by atoms with E-state index >= 15 is 0 Å². The maximum Gasteiger partial charge on any atom is 0.337 e. The molecule has 2 N–H and O–H groups in total. The van der Waals surface area contributed by atoms with Crippen LogP contribution in [0.15, 0.2) is 65.7 Å². The number of para-hydroxylation sites is 1. The van der Waals surface area contributed by atoms with Crippen molar-refractivity contribution in [1.82, 2.24) is 19.5 Å². The second kappa shape index (κ2) is 10.3. The Balaban J connectivity index is 1.56. The minimum Gasteiger partial charge on any atom is -0.465 e. The maximum absolute atomic E-state index is 13.7. The third kappa shape index (κ3) is 4.86. The molecule has 4 rings (SSSR count). The van der Waals surface area contributed by atoms with Gasteiger partial charge in [-0.15, -0.1) is 0 Å². The van der Waals surface area contributed by atoms with Crippen LogP contribution in [0.1, 0.15) is 10.4 Å². The highest BCUT2D eigenvalue weighted by atomic mass is 32.2. The van der Waals surface area contributed by atoms with Crippen molar-refractivity contribution in [3.63, 3.8) is 0 Å². The van der Waals surface area contributed by atoms with Gasteiger partial charge in [-0.3, -0.25) is 9.78 Å². The molecule has 1 aliphatic rings. The number of benzene rings is 2. The van der Waals surface area contributed by atoms with Crippen LogP contribution in [0, 0.1) is 0 Å². The lowest BCUT2D eigenvalue weighted by Crippen LogP contribution is -2.61. The van der Waals surface area contributed by atoms with Gasteiger partial charge in [0.15, 0.2) is 0 Å². The zero-order valence-electron chi connectivity index (χ0n) is 19.7. The number of carbonyl (C=O) groups is 3. The molecule has 36 heavy (non-hydrogen) atoms. The molecular formula is C24H25N5O6S. The maximum atomic E-state index is 13.7. The monoisotopic (exact) mass is 511 g/mol. The van der Waals surface area contributed by atoms with E-state index < -0.39 is 34.0 Å². The summed E-state index contributed by atoms with van der Waals surface area (Å²) in [7, 11) is -1.42. The summed E-state index contributed by atoms with van der Waals surface area (Å²) >= 11 is 0. The van der Waals surface area contributed by atoms with Crippen LogP contribution < -0.4 is 10.6 Å². The van der Waals surface area contributed by atoms with Gasteiger partial charge in [0, 0.05) is 44.0 Å². The number of esters is 1. The molecule has 1 saturated heterocycles. The van der Waals surface area contributed by atoms with Crippen molar-refractivity contribution in [1.29, 1.82) is 0 Å². The number of pyridine rings is 1. The van der Waals surface area contributed by atoms with Gasteiger partial charge in [0.25, 0.3) is 0 Å². The van der Waals surface area contributed by atoms with E-state index in [2.05, 4.69) is 20.4 Å². The van der Waals surface area contributed by atoms with E-state index in [4.69, 9.17) is 0 Å². The van der Waals surface area contributed by atoms with Crippen LogP contribution in [0.25, 0.3) is 10.9 Å². The zero-order chi connectivity index (χ0) is 25.9. The van der Waals surface area contributed by atoms with Crippen molar-refractivity contribution in [3.05, 3.63) is 66.4 Å². The van der Waals surface area contributed by atoms with Crippen molar-refractivity contribution in [3.8, 4) is 0 Å². The molecule has 3 aromatic rings. The second-order valence-electron chi connectivity index (χ2n) is 8.02. The Morgan fingerprint density at radius 3 is 2.44 bits per heavy atom. The number of rotatable bonds is 5. The molecule has 0 aliphatic carbocycles. The predicted octanol–water partition coefficient (Wildman–Crippen LogP) is 1.67. The average molecular weight is 512 g/mol. The molecule has 3 amide bonds. The molecule has 12 heteroatoms. The number of amides is 3. The van der Waals surface area contributed by atoms with E-state index in [0.29, 0.717) is 22.2 Å². The molecule has 0 spiro atoms. The molecule has 0 radical (unpaired) electrons. The van der Waals surface area contributed by atoms with E-state index in [0.717, 1.165) is 4.31 Å².